The first-order valence-electron chi connectivity index (χ1n) is 13.2. The number of nitro benzene ring substituents is 1. The van der Waals surface area contributed by atoms with Gasteiger partial charge in [0, 0.05) is 23.5 Å². The van der Waals surface area contributed by atoms with Gasteiger partial charge in [-0.15, -0.1) is 0 Å². The second kappa shape index (κ2) is 25.4. The van der Waals surface area contributed by atoms with Crippen LogP contribution in [-0.2, 0) is 46.4 Å². The Bertz CT molecular complexity index is 814. The SMILES string of the molecule is O=C(CCCOCCOCCOCCOCCOCCOCCOCCI)c1cc(CO)c(CO)cc1[N+](=O)[O-]. The van der Waals surface area contributed by atoms with Crippen molar-refractivity contribution in [3.05, 3.63) is 38.9 Å². The third-order valence-electron chi connectivity index (χ3n) is 5.30. The molecule has 0 aliphatic carbocycles. The zero-order valence-electron chi connectivity index (χ0n) is 22.9. The number of ketones is 1. The van der Waals surface area contributed by atoms with Crippen molar-refractivity contribution in [1.82, 2.24) is 0 Å². The van der Waals surface area contributed by atoms with Crippen LogP contribution in [0.4, 0.5) is 5.69 Å². The molecule has 0 aliphatic heterocycles. The number of nitrogens with zero attached hydrogens (tertiary/aromatic N) is 1. The lowest BCUT2D eigenvalue weighted by atomic mass is 9.98. The molecule has 0 aliphatic rings. The standard InChI is InChI=1S/C26H42INO12/c27-3-5-35-7-9-37-11-13-39-15-17-40-16-14-38-12-10-36-8-6-34-4-1-2-26(31)24-18-22(20-29)23(21-30)19-25(24)28(32)33/h18-19,29-30H,1-17,20-21H2. The minimum atomic E-state index is -0.667. The van der Waals surface area contributed by atoms with E-state index in [-0.39, 0.29) is 28.8 Å². The average Bonchev–Trinajstić information content (AvgIpc) is 2.96. The van der Waals surface area contributed by atoms with Crippen molar-refractivity contribution >= 4 is 34.1 Å². The van der Waals surface area contributed by atoms with Gasteiger partial charge in [-0.25, -0.2) is 0 Å². The molecule has 230 valence electrons. The summed E-state index contributed by atoms with van der Waals surface area (Å²) in [6.45, 7) is 5.80. The molecule has 0 spiro atoms. The van der Waals surface area contributed by atoms with Crippen LogP contribution in [-0.4, -0.2) is 118 Å². The van der Waals surface area contributed by atoms with Gasteiger partial charge in [0.2, 0.25) is 0 Å². The monoisotopic (exact) mass is 687 g/mol. The predicted molar refractivity (Wildman–Crippen MR) is 153 cm³/mol. The number of benzene rings is 1. The molecule has 0 fully saturated rings. The minimum absolute atomic E-state index is 0.0519. The first-order valence-corrected chi connectivity index (χ1v) is 14.7. The Balaban J connectivity index is 1.94. The highest BCUT2D eigenvalue weighted by atomic mass is 127. The number of carbonyl (C=O) groups is 1. The van der Waals surface area contributed by atoms with Crippen molar-refractivity contribution in [3.8, 4) is 0 Å². The van der Waals surface area contributed by atoms with Crippen molar-refractivity contribution in [2.24, 2.45) is 0 Å². The maximum absolute atomic E-state index is 12.5. The second-order valence-corrected chi connectivity index (χ2v) is 9.29. The van der Waals surface area contributed by atoms with Crippen molar-refractivity contribution < 1.29 is 53.1 Å². The first-order chi connectivity index (χ1) is 19.5. The Hall–Kier alpha value is -1.34. The van der Waals surface area contributed by atoms with Crippen LogP contribution in [0.1, 0.15) is 34.3 Å². The molecule has 0 amide bonds. The summed E-state index contributed by atoms with van der Waals surface area (Å²) < 4.78 is 38.8. The zero-order valence-corrected chi connectivity index (χ0v) is 25.0. The number of aliphatic hydroxyl groups is 2. The van der Waals surface area contributed by atoms with E-state index >= 15 is 0 Å². The molecular weight excluding hydrogens is 645 g/mol. The fourth-order valence-electron chi connectivity index (χ4n) is 3.29. The Morgan fingerprint density at radius 3 is 1.43 bits per heavy atom. The molecule has 0 radical (unpaired) electrons. The average molecular weight is 688 g/mol. The van der Waals surface area contributed by atoms with E-state index in [4.69, 9.17) is 33.2 Å². The van der Waals surface area contributed by atoms with Crippen molar-refractivity contribution in [3.63, 3.8) is 0 Å². The summed E-state index contributed by atoms with van der Waals surface area (Å²) in [4.78, 5) is 23.1. The lowest BCUT2D eigenvalue weighted by Gasteiger charge is -2.09. The van der Waals surface area contributed by atoms with E-state index in [1.165, 1.54) is 6.07 Å². The second-order valence-electron chi connectivity index (χ2n) is 8.21. The highest BCUT2D eigenvalue weighted by molar-refractivity contribution is 14.1. The van der Waals surface area contributed by atoms with E-state index < -0.39 is 23.9 Å². The molecule has 40 heavy (non-hydrogen) atoms. The van der Waals surface area contributed by atoms with E-state index in [9.17, 15) is 25.1 Å². The summed E-state index contributed by atoms with van der Waals surface area (Å²) in [5.74, 6) is -0.423. The fraction of sp³-hybridized carbons (Fsp3) is 0.731. The van der Waals surface area contributed by atoms with Crippen LogP contribution >= 0.6 is 22.6 Å². The summed E-state index contributed by atoms with van der Waals surface area (Å²) >= 11 is 2.26. The lowest BCUT2D eigenvalue weighted by molar-refractivity contribution is -0.385. The Morgan fingerprint density at radius 1 is 0.675 bits per heavy atom. The van der Waals surface area contributed by atoms with Crippen molar-refractivity contribution in [2.75, 3.05) is 96.9 Å². The van der Waals surface area contributed by atoms with Crippen LogP contribution in [0.15, 0.2) is 12.1 Å². The predicted octanol–water partition coefficient (Wildman–Crippen LogP) is 2.09. The summed E-state index contributed by atoms with van der Waals surface area (Å²) in [6.07, 6.45) is 0.429. The summed E-state index contributed by atoms with van der Waals surface area (Å²) in [6, 6.07) is 2.40. The molecular formula is C26H42INO12. The molecule has 0 heterocycles. The molecule has 13 nitrogen and oxygen atoms in total. The van der Waals surface area contributed by atoms with Gasteiger partial charge < -0.3 is 43.4 Å². The third kappa shape index (κ3) is 17.5. The Labute approximate surface area is 248 Å². The third-order valence-corrected chi connectivity index (χ3v) is 5.74. The highest BCUT2D eigenvalue weighted by Gasteiger charge is 2.22. The van der Waals surface area contributed by atoms with Crippen LogP contribution in [0, 0.1) is 10.1 Å². The number of nitro groups is 1. The van der Waals surface area contributed by atoms with Crippen LogP contribution in [0.25, 0.3) is 0 Å². The molecule has 0 atom stereocenters. The number of carbonyl (C=O) groups excluding carboxylic acids is 1. The molecule has 0 saturated carbocycles. The summed E-state index contributed by atoms with van der Waals surface area (Å²) in [5, 5.41) is 30.0. The fourth-order valence-corrected chi connectivity index (χ4v) is 3.60. The van der Waals surface area contributed by atoms with Gasteiger partial charge in [0.15, 0.2) is 5.78 Å². The number of hydrogen-bond donors (Lipinski definition) is 2. The number of hydrogen-bond acceptors (Lipinski definition) is 12. The number of Topliss-reactive ketones (excluding diaryl/α,β-unsaturated/α-hetero) is 1. The summed E-state index contributed by atoms with van der Waals surface area (Å²) in [5.41, 5.74) is 0.0335. The maximum atomic E-state index is 12.5. The first kappa shape index (κ1) is 36.7. The summed E-state index contributed by atoms with van der Waals surface area (Å²) in [7, 11) is 0. The van der Waals surface area contributed by atoms with E-state index in [0.717, 1.165) is 17.1 Å². The van der Waals surface area contributed by atoms with Crippen LogP contribution < -0.4 is 0 Å². The quantitative estimate of drug-likeness (QED) is 0.0330. The molecule has 1 rings (SSSR count). The normalized spacial score (nSPS) is 11.3. The highest BCUT2D eigenvalue weighted by Crippen LogP contribution is 2.26. The molecule has 14 heteroatoms. The van der Waals surface area contributed by atoms with E-state index in [2.05, 4.69) is 22.6 Å². The zero-order chi connectivity index (χ0) is 29.3. The van der Waals surface area contributed by atoms with Crippen molar-refractivity contribution in [1.29, 1.82) is 0 Å². The van der Waals surface area contributed by atoms with Gasteiger partial charge >= 0.3 is 0 Å². The Morgan fingerprint density at radius 2 is 1.05 bits per heavy atom. The van der Waals surface area contributed by atoms with Gasteiger partial charge in [-0.3, -0.25) is 14.9 Å². The van der Waals surface area contributed by atoms with Gasteiger partial charge in [0.25, 0.3) is 5.69 Å². The topological polar surface area (TPSA) is 165 Å². The van der Waals surface area contributed by atoms with Gasteiger partial charge in [0.05, 0.1) is 110 Å². The van der Waals surface area contributed by atoms with Crippen LogP contribution in [0.5, 0.6) is 0 Å². The van der Waals surface area contributed by atoms with E-state index in [0.29, 0.717) is 92.3 Å². The molecule has 1 aromatic rings. The molecule has 0 aromatic heterocycles. The molecule has 0 bridgehead atoms. The van der Waals surface area contributed by atoms with E-state index in [1.807, 2.05) is 0 Å². The van der Waals surface area contributed by atoms with Crippen molar-refractivity contribution in [2.45, 2.75) is 26.1 Å². The molecule has 1 aromatic carbocycles. The number of halogens is 1. The van der Waals surface area contributed by atoms with Crippen LogP contribution in [0.3, 0.4) is 0 Å². The number of alkyl halides is 1. The van der Waals surface area contributed by atoms with Gasteiger partial charge in [-0.1, -0.05) is 22.6 Å². The number of ether oxygens (including phenoxy) is 7. The van der Waals surface area contributed by atoms with Gasteiger partial charge in [-0.05, 0) is 23.6 Å². The maximum Gasteiger partial charge on any atom is 0.280 e. The smallest absolute Gasteiger partial charge is 0.280 e. The largest absolute Gasteiger partial charge is 0.392 e. The number of rotatable bonds is 28. The minimum Gasteiger partial charge on any atom is -0.392 e. The van der Waals surface area contributed by atoms with E-state index in [1.54, 1.807) is 0 Å². The molecule has 2 N–H and O–H groups in total. The van der Waals surface area contributed by atoms with Crippen LogP contribution in [0.2, 0.25) is 0 Å². The molecule has 0 unspecified atom stereocenters. The van der Waals surface area contributed by atoms with Gasteiger partial charge in [0.1, 0.15) is 0 Å². The van der Waals surface area contributed by atoms with Gasteiger partial charge in [-0.2, -0.15) is 0 Å². The lowest BCUT2D eigenvalue weighted by Crippen LogP contribution is -2.14. The number of aliphatic hydroxyl groups excluding tert-OH is 2. The molecule has 0 saturated heterocycles. The Kier molecular flexibility index (Phi) is 23.3.